The van der Waals surface area contributed by atoms with Crippen LogP contribution < -0.4 is 10.0 Å². The Balaban J connectivity index is 2.40. The molecule has 2 N–H and O–H groups in total. The van der Waals surface area contributed by atoms with Crippen LogP contribution in [0.4, 0.5) is 18.9 Å². The summed E-state index contributed by atoms with van der Waals surface area (Å²) in [4.78, 5) is 0. The molecule has 136 valence electrons. The molecule has 0 bridgehead atoms. The van der Waals surface area contributed by atoms with Gasteiger partial charge in [0, 0.05) is 22.1 Å². The van der Waals surface area contributed by atoms with Crippen LogP contribution in [0.5, 0.6) is 0 Å². The summed E-state index contributed by atoms with van der Waals surface area (Å²) in [5, 5.41) is 2.69. The molecule has 0 heterocycles. The number of sulfonamides is 1. The first-order valence-electron chi connectivity index (χ1n) is 7.29. The smallest absolute Gasteiger partial charge is 0.233 e. The molecule has 0 fully saturated rings. The molecule has 0 radical (unpaired) electrons. The maximum atomic E-state index is 14.2. The Morgan fingerprint density at radius 3 is 2.44 bits per heavy atom. The van der Waals surface area contributed by atoms with Crippen molar-refractivity contribution >= 4 is 38.3 Å². The quantitative estimate of drug-likeness (QED) is 0.594. The molecule has 9 heteroatoms. The topological polar surface area (TPSA) is 58.2 Å². The van der Waals surface area contributed by atoms with Crippen LogP contribution in [0.25, 0.3) is 0 Å². The lowest BCUT2D eigenvalue weighted by atomic mass is 10.0. The van der Waals surface area contributed by atoms with E-state index in [0.717, 1.165) is 12.1 Å². The van der Waals surface area contributed by atoms with E-state index in [0.29, 0.717) is 3.57 Å². The van der Waals surface area contributed by atoms with Crippen molar-refractivity contribution in [3.8, 4) is 0 Å². The zero-order valence-electron chi connectivity index (χ0n) is 13.2. The fraction of sp³-hybridized carbons (Fsp3) is 0.250. The molecule has 0 saturated heterocycles. The zero-order chi connectivity index (χ0) is 18.6. The second-order valence-corrected chi connectivity index (χ2v) is 8.41. The maximum absolute atomic E-state index is 14.2. The zero-order valence-corrected chi connectivity index (χ0v) is 16.2. The van der Waals surface area contributed by atoms with Gasteiger partial charge < -0.3 is 5.32 Å². The van der Waals surface area contributed by atoms with Crippen molar-refractivity contribution in [3.05, 3.63) is 62.5 Å². The van der Waals surface area contributed by atoms with Crippen molar-refractivity contribution < 1.29 is 21.6 Å². The molecule has 0 aliphatic carbocycles. The summed E-state index contributed by atoms with van der Waals surface area (Å²) in [5.41, 5.74) is -0.207. The number of benzene rings is 2. The summed E-state index contributed by atoms with van der Waals surface area (Å²) in [6.07, 6.45) is -0.282. The monoisotopic (exact) mass is 484 g/mol. The molecule has 2 rings (SSSR count). The van der Waals surface area contributed by atoms with Gasteiger partial charge >= 0.3 is 0 Å². The van der Waals surface area contributed by atoms with Gasteiger partial charge in [-0.25, -0.2) is 21.6 Å². The van der Waals surface area contributed by atoms with Gasteiger partial charge in [-0.1, -0.05) is 6.07 Å². The van der Waals surface area contributed by atoms with Crippen LogP contribution in [0.1, 0.15) is 11.1 Å². The Morgan fingerprint density at radius 1 is 1.08 bits per heavy atom. The third-order valence-electron chi connectivity index (χ3n) is 3.46. The van der Waals surface area contributed by atoms with Crippen LogP contribution in [0.15, 0.2) is 30.3 Å². The first-order valence-corrected chi connectivity index (χ1v) is 10.0. The molecule has 4 nitrogen and oxygen atoms in total. The number of rotatable bonds is 7. The lowest BCUT2D eigenvalue weighted by Gasteiger charge is -2.14. The molecule has 0 aromatic heterocycles. The van der Waals surface area contributed by atoms with Gasteiger partial charge in [0.05, 0.1) is 11.4 Å². The second kappa shape index (κ2) is 8.37. The van der Waals surface area contributed by atoms with Gasteiger partial charge in [0.2, 0.25) is 10.0 Å². The van der Waals surface area contributed by atoms with E-state index in [1.807, 2.05) is 22.6 Å². The van der Waals surface area contributed by atoms with E-state index >= 15 is 0 Å². The summed E-state index contributed by atoms with van der Waals surface area (Å²) in [7, 11) is -2.16. The van der Waals surface area contributed by atoms with Crippen LogP contribution in [-0.2, 0) is 16.4 Å². The van der Waals surface area contributed by atoms with Crippen LogP contribution in [0.3, 0.4) is 0 Å². The second-order valence-electron chi connectivity index (χ2n) is 5.32. The molecule has 25 heavy (non-hydrogen) atoms. The highest BCUT2D eigenvalue weighted by Gasteiger charge is 2.19. The van der Waals surface area contributed by atoms with Gasteiger partial charge in [-0.2, -0.15) is 0 Å². The lowest BCUT2D eigenvalue weighted by molar-refractivity contribution is 0.500. The number of halogens is 4. The van der Waals surface area contributed by atoms with Crippen molar-refractivity contribution in [2.75, 3.05) is 24.1 Å². The largest absolute Gasteiger partial charge is 0.319 e. The van der Waals surface area contributed by atoms with Crippen LogP contribution in [-0.4, -0.2) is 27.8 Å². The number of hydrogen-bond donors (Lipinski definition) is 2. The van der Waals surface area contributed by atoms with E-state index in [1.54, 1.807) is 13.1 Å². The van der Waals surface area contributed by atoms with Gasteiger partial charge in [-0.05, 0) is 59.5 Å². The third kappa shape index (κ3) is 5.32. The Hall–Kier alpha value is -1.33. The minimum atomic E-state index is -3.75. The Bertz CT molecular complexity index is 876. The molecule has 0 unspecified atom stereocenters. The molecule has 0 aliphatic rings. The van der Waals surface area contributed by atoms with E-state index in [9.17, 15) is 21.6 Å². The molecule has 0 saturated carbocycles. The third-order valence-corrected chi connectivity index (χ3v) is 5.41. The lowest BCUT2D eigenvalue weighted by Crippen LogP contribution is -2.25. The Morgan fingerprint density at radius 2 is 1.80 bits per heavy atom. The van der Waals surface area contributed by atoms with Gasteiger partial charge in [0.15, 0.2) is 11.6 Å². The molecule has 2 aromatic carbocycles. The average Bonchev–Trinajstić information content (AvgIpc) is 2.54. The highest BCUT2D eigenvalue weighted by Crippen LogP contribution is 2.27. The van der Waals surface area contributed by atoms with Crippen molar-refractivity contribution in [2.45, 2.75) is 6.42 Å². The average molecular weight is 484 g/mol. The van der Waals surface area contributed by atoms with Crippen LogP contribution >= 0.6 is 22.6 Å². The predicted molar refractivity (Wildman–Crippen MR) is 99.6 cm³/mol. The van der Waals surface area contributed by atoms with Gasteiger partial charge in [-0.3, -0.25) is 4.72 Å². The molecule has 0 aliphatic heterocycles. The fourth-order valence-corrected chi connectivity index (χ4v) is 3.73. The van der Waals surface area contributed by atoms with Gasteiger partial charge in [-0.15, -0.1) is 0 Å². The normalized spacial score (nSPS) is 11.6. The SMILES string of the molecule is CNCCS(=O)(=O)Nc1ccc(F)c(F)c1Cc1ccc(I)cc1F. The standard InChI is InChI=1S/C16H16F3IN2O2S/c1-21-6-7-25(23,24)22-15-5-4-13(17)16(19)12(15)8-10-2-3-11(20)9-14(10)18/h2-5,9,21-22H,6-8H2,1H3. The van der Waals surface area contributed by atoms with Gasteiger partial charge in [0.25, 0.3) is 0 Å². The Labute approximate surface area is 158 Å². The summed E-state index contributed by atoms with van der Waals surface area (Å²) >= 11 is 1.93. The Kier molecular flexibility index (Phi) is 6.69. The molecular weight excluding hydrogens is 468 g/mol. The fourth-order valence-electron chi connectivity index (χ4n) is 2.17. The summed E-state index contributed by atoms with van der Waals surface area (Å²) in [6, 6.07) is 6.33. The number of nitrogens with one attached hydrogen (secondary N) is 2. The van der Waals surface area contributed by atoms with E-state index in [1.165, 1.54) is 12.1 Å². The van der Waals surface area contributed by atoms with Crippen LogP contribution in [0.2, 0.25) is 0 Å². The minimum Gasteiger partial charge on any atom is -0.319 e. The van der Waals surface area contributed by atoms with E-state index in [-0.39, 0.29) is 35.5 Å². The number of hydrogen-bond acceptors (Lipinski definition) is 3. The van der Waals surface area contributed by atoms with Crippen LogP contribution in [0, 0.1) is 21.0 Å². The maximum Gasteiger partial charge on any atom is 0.233 e. The molecule has 0 amide bonds. The summed E-state index contributed by atoms with van der Waals surface area (Å²) in [6.45, 7) is 0.195. The van der Waals surface area contributed by atoms with E-state index in [2.05, 4.69) is 10.0 Å². The molecular formula is C16H16F3IN2O2S. The van der Waals surface area contributed by atoms with Gasteiger partial charge in [0.1, 0.15) is 5.82 Å². The van der Waals surface area contributed by atoms with Crippen molar-refractivity contribution in [1.82, 2.24) is 5.32 Å². The number of anilines is 1. The highest BCUT2D eigenvalue weighted by atomic mass is 127. The van der Waals surface area contributed by atoms with Crippen molar-refractivity contribution in [2.24, 2.45) is 0 Å². The highest BCUT2D eigenvalue weighted by molar-refractivity contribution is 14.1. The van der Waals surface area contributed by atoms with E-state index < -0.39 is 27.5 Å². The first kappa shape index (κ1) is 20.0. The predicted octanol–water partition coefficient (Wildman–Crippen LogP) is 3.26. The summed E-state index contributed by atoms with van der Waals surface area (Å²) < 4.78 is 68.8. The first-order chi connectivity index (χ1) is 11.7. The van der Waals surface area contributed by atoms with Crippen molar-refractivity contribution in [1.29, 1.82) is 0 Å². The van der Waals surface area contributed by atoms with Crippen molar-refractivity contribution in [3.63, 3.8) is 0 Å². The molecule has 0 atom stereocenters. The summed E-state index contributed by atoms with van der Waals surface area (Å²) in [5.74, 6) is -3.13. The molecule has 2 aromatic rings. The minimum absolute atomic E-state index is 0.104. The molecule has 0 spiro atoms. The van der Waals surface area contributed by atoms with E-state index in [4.69, 9.17) is 0 Å².